The third-order valence-electron chi connectivity index (χ3n) is 10.0. The van der Waals surface area contributed by atoms with Gasteiger partial charge in [0.1, 0.15) is 0 Å². The quantitative estimate of drug-likeness (QED) is 0.354. The number of thiazole rings is 1. The highest BCUT2D eigenvalue weighted by molar-refractivity contribution is 7.18. The van der Waals surface area contributed by atoms with E-state index >= 15 is 0 Å². The number of imidazole rings is 1. The Labute approximate surface area is 210 Å². The summed E-state index contributed by atoms with van der Waals surface area (Å²) in [4.78, 5) is 9.42. The van der Waals surface area contributed by atoms with E-state index in [1.807, 2.05) is 23.9 Å². The highest BCUT2D eigenvalue weighted by atomic mass is 32.1. The molecule has 3 heterocycles. The van der Waals surface area contributed by atoms with Crippen molar-refractivity contribution in [3.63, 3.8) is 0 Å². The van der Waals surface area contributed by atoms with Crippen LogP contribution in [-0.4, -0.2) is 25.7 Å². The molecule has 0 saturated heterocycles. The number of rotatable bonds is 5. The fourth-order valence-electron chi connectivity index (χ4n) is 8.78. The molecule has 1 N–H and O–H groups in total. The number of aliphatic hydroxyl groups excluding tert-OH is 1. The molecule has 4 unspecified atom stereocenters. The zero-order valence-corrected chi connectivity index (χ0v) is 20.7. The molecule has 178 valence electrons. The lowest BCUT2D eigenvalue weighted by Crippen LogP contribution is -2.56. The van der Waals surface area contributed by atoms with E-state index in [9.17, 15) is 5.11 Å². The second kappa shape index (κ2) is 7.50. The van der Waals surface area contributed by atoms with Crippen LogP contribution in [0.25, 0.3) is 21.5 Å². The summed E-state index contributed by atoms with van der Waals surface area (Å²) in [6, 6.07) is 17.4. The number of hydrogen-bond acceptors (Lipinski definition) is 4. The minimum Gasteiger partial charge on any atom is -0.392 e. The van der Waals surface area contributed by atoms with Crippen LogP contribution >= 0.6 is 11.3 Å². The fraction of sp³-hybridized carbons (Fsp3) is 0.467. The Morgan fingerprint density at radius 1 is 1.03 bits per heavy atom. The zero-order chi connectivity index (χ0) is 23.1. The Morgan fingerprint density at radius 2 is 1.83 bits per heavy atom. The van der Waals surface area contributed by atoms with Crippen LogP contribution in [0, 0.1) is 29.1 Å². The number of fused-ring (bicyclic) bond motifs is 4. The average Bonchev–Trinajstić information content (AvgIpc) is 3.56. The first-order valence-electron chi connectivity index (χ1n) is 13.3. The lowest BCUT2D eigenvalue weighted by Gasteiger charge is -2.61. The summed E-state index contributed by atoms with van der Waals surface area (Å²) in [7, 11) is 0. The molecule has 4 atom stereocenters. The summed E-state index contributed by atoms with van der Waals surface area (Å²) in [6.45, 7) is 0. The molecule has 0 amide bonds. The van der Waals surface area contributed by atoms with E-state index in [1.165, 1.54) is 58.6 Å². The molecule has 4 aliphatic carbocycles. The third kappa shape index (κ3) is 3.07. The van der Waals surface area contributed by atoms with Crippen molar-refractivity contribution in [1.82, 2.24) is 14.5 Å². The average molecular weight is 482 g/mol. The third-order valence-corrected chi connectivity index (χ3v) is 11.1. The van der Waals surface area contributed by atoms with Gasteiger partial charge in [-0.1, -0.05) is 36.4 Å². The number of benzene rings is 2. The number of hydrogen-bond donors (Lipinski definition) is 1. The first-order chi connectivity index (χ1) is 17.2. The molecule has 4 bridgehead atoms. The van der Waals surface area contributed by atoms with Gasteiger partial charge in [0.25, 0.3) is 0 Å². The summed E-state index contributed by atoms with van der Waals surface area (Å²) in [5.41, 5.74) is 5.07. The second-order valence-corrected chi connectivity index (χ2v) is 12.9. The second-order valence-electron chi connectivity index (χ2n) is 11.8. The van der Waals surface area contributed by atoms with Crippen molar-refractivity contribution in [3.05, 3.63) is 71.6 Å². The van der Waals surface area contributed by atoms with E-state index in [4.69, 9.17) is 4.98 Å². The first-order valence-corrected chi connectivity index (χ1v) is 14.1. The van der Waals surface area contributed by atoms with Crippen LogP contribution in [0.4, 0.5) is 0 Å². The maximum atomic E-state index is 11.9. The number of aromatic nitrogens is 3. The van der Waals surface area contributed by atoms with Gasteiger partial charge in [0, 0.05) is 12.0 Å². The predicted octanol–water partition coefficient (Wildman–Crippen LogP) is 6.50. The molecule has 2 aromatic carbocycles. The van der Waals surface area contributed by atoms with Crippen LogP contribution in [0.15, 0.2) is 61.1 Å². The van der Waals surface area contributed by atoms with Gasteiger partial charge in [-0.3, -0.25) is 0 Å². The van der Waals surface area contributed by atoms with Crippen molar-refractivity contribution in [2.45, 2.75) is 57.1 Å². The van der Waals surface area contributed by atoms with Crippen molar-refractivity contribution >= 4 is 21.6 Å². The Morgan fingerprint density at radius 3 is 2.69 bits per heavy atom. The summed E-state index contributed by atoms with van der Waals surface area (Å²) < 4.78 is 3.61. The van der Waals surface area contributed by atoms with Crippen molar-refractivity contribution in [2.24, 2.45) is 29.1 Å². The van der Waals surface area contributed by atoms with E-state index in [2.05, 4.69) is 58.1 Å². The molecule has 4 nitrogen and oxygen atoms in total. The zero-order valence-electron chi connectivity index (χ0n) is 19.9. The summed E-state index contributed by atoms with van der Waals surface area (Å²) >= 11 is 1.89. The van der Waals surface area contributed by atoms with Gasteiger partial charge < -0.3 is 9.67 Å². The van der Waals surface area contributed by atoms with Crippen molar-refractivity contribution < 1.29 is 5.11 Å². The molecule has 4 fully saturated rings. The van der Waals surface area contributed by atoms with Crippen molar-refractivity contribution in [2.75, 3.05) is 0 Å². The predicted molar refractivity (Wildman–Crippen MR) is 139 cm³/mol. The smallest absolute Gasteiger partial charge is 0.0956 e. The van der Waals surface area contributed by atoms with E-state index in [-0.39, 0.29) is 17.6 Å². The monoisotopic (exact) mass is 481 g/mol. The lowest BCUT2D eigenvalue weighted by atomic mass is 9.44. The molecule has 5 heteroatoms. The van der Waals surface area contributed by atoms with Crippen LogP contribution in [-0.2, 0) is 6.42 Å². The fourth-order valence-corrected chi connectivity index (χ4v) is 9.82. The van der Waals surface area contributed by atoms with E-state index < -0.39 is 0 Å². The Bertz CT molecular complexity index is 1370. The highest BCUT2D eigenvalue weighted by Crippen LogP contribution is 2.64. The van der Waals surface area contributed by atoms with Gasteiger partial charge >= 0.3 is 0 Å². The summed E-state index contributed by atoms with van der Waals surface area (Å²) in [6.07, 6.45) is 11.9. The van der Waals surface area contributed by atoms with Gasteiger partial charge in [0.05, 0.1) is 45.6 Å². The number of nitrogens with zero attached hydrogens (tertiary/aromatic N) is 3. The van der Waals surface area contributed by atoms with Crippen LogP contribution in [0.3, 0.4) is 0 Å². The van der Waals surface area contributed by atoms with Crippen molar-refractivity contribution in [3.8, 4) is 11.3 Å². The minimum atomic E-state index is -0.259. The van der Waals surface area contributed by atoms with Gasteiger partial charge in [0.2, 0.25) is 0 Å². The molecule has 2 aromatic heterocycles. The molecule has 4 aromatic rings. The molecule has 4 saturated carbocycles. The Kier molecular flexibility index (Phi) is 4.43. The molecule has 0 spiro atoms. The molecular formula is C30H31N3OS. The SMILES string of the molecule is OC(CC1c2ccccc2-c2cncn21)C12CC3CC(C1)C(Cc1nc4ccccc4s1)C(C3)C2. The minimum absolute atomic E-state index is 0.0961. The maximum Gasteiger partial charge on any atom is 0.0956 e. The number of aliphatic hydroxyl groups is 1. The van der Waals surface area contributed by atoms with Gasteiger partial charge in [-0.05, 0) is 85.3 Å². The maximum absolute atomic E-state index is 11.9. The molecule has 5 aliphatic rings. The van der Waals surface area contributed by atoms with Gasteiger partial charge in [-0.2, -0.15) is 0 Å². The van der Waals surface area contributed by atoms with E-state index in [0.717, 1.165) is 42.0 Å². The Hall–Kier alpha value is -2.50. The highest BCUT2D eigenvalue weighted by Gasteiger charge is 2.58. The topological polar surface area (TPSA) is 50.9 Å². The largest absolute Gasteiger partial charge is 0.392 e. The van der Waals surface area contributed by atoms with Crippen LogP contribution in [0.1, 0.15) is 55.1 Å². The van der Waals surface area contributed by atoms with Crippen LogP contribution < -0.4 is 0 Å². The summed E-state index contributed by atoms with van der Waals surface area (Å²) in [5.74, 6) is 3.01. The molecular weight excluding hydrogens is 450 g/mol. The molecule has 1 aliphatic heterocycles. The van der Waals surface area contributed by atoms with E-state index in [0.29, 0.717) is 0 Å². The first kappa shape index (κ1) is 20.7. The summed E-state index contributed by atoms with van der Waals surface area (Å²) in [5, 5.41) is 13.2. The standard InChI is InChI=1S/C30H31N3OS/c34-28(12-25-21-5-1-2-6-22(21)26-16-31-17-33(25)26)30-13-18-9-19(14-30)23(20(10-18)15-30)11-29-32-24-7-3-4-8-27(24)35-29/h1-8,16-20,23,25,28,34H,9-15H2. The van der Waals surface area contributed by atoms with Gasteiger partial charge in [-0.15, -0.1) is 11.3 Å². The molecule has 9 rings (SSSR count). The number of para-hydroxylation sites is 1. The van der Waals surface area contributed by atoms with Crippen LogP contribution in [0.5, 0.6) is 0 Å². The molecule has 0 radical (unpaired) electrons. The van der Waals surface area contributed by atoms with Gasteiger partial charge in [-0.25, -0.2) is 9.97 Å². The Balaban J connectivity index is 1.05. The van der Waals surface area contributed by atoms with E-state index in [1.54, 1.807) is 0 Å². The normalized spacial score (nSPS) is 33.2. The van der Waals surface area contributed by atoms with Gasteiger partial charge in [0.15, 0.2) is 0 Å². The van der Waals surface area contributed by atoms with Crippen molar-refractivity contribution in [1.29, 1.82) is 0 Å². The molecule has 35 heavy (non-hydrogen) atoms. The lowest BCUT2D eigenvalue weighted by molar-refractivity contribution is -0.150. The van der Waals surface area contributed by atoms with Crippen LogP contribution in [0.2, 0.25) is 0 Å².